The Balaban J connectivity index is 1.76. The van der Waals surface area contributed by atoms with Gasteiger partial charge in [-0.25, -0.2) is 4.68 Å². The van der Waals surface area contributed by atoms with Gasteiger partial charge in [-0.15, -0.1) is 0 Å². The predicted octanol–water partition coefficient (Wildman–Crippen LogP) is 4.10. The van der Waals surface area contributed by atoms with Gasteiger partial charge in [0.1, 0.15) is 17.9 Å². The Morgan fingerprint density at radius 3 is 2.55 bits per heavy atom. The number of ether oxygens (including phenoxy) is 1. The van der Waals surface area contributed by atoms with E-state index < -0.39 is 0 Å². The zero-order chi connectivity index (χ0) is 22.1. The number of nitrogens with zero attached hydrogens (tertiary/aromatic N) is 3. The van der Waals surface area contributed by atoms with Crippen molar-refractivity contribution in [2.24, 2.45) is 0 Å². The van der Waals surface area contributed by atoms with Gasteiger partial charge in [-0.2, -0.15) is 5.10 Å². The van der Waals surface area contributed by atoms with E-state index in [1.807, 2.05) is 44.2 Å². The van der Waals surface area contributed by atoms with Gasteiger partial charge in [0.2, 0.25) is 5.91 Å². The molecule has 0 fully saturated rings. The number of para-hydroxylation sites is 1. The van der Waals surface area contributed by atoms with Gasteiger partial charge in [-0.3, -0.25) is 14.2 Å². The molecule has 2 aromatic heterocycles. The van der Waals surface area contributed by atoms with E-state index in [1.54, 1.807) is 22.9 Å². The summed E-state index contributed by atoms with van der Waals surface area (Å²) in [6.45, 7) is 3.59. The van der Waals surface area contributed by atoms with Gasteiger partial charge in [0.25, 0.3) is 5.56 Å². The molecule has 0 aliphatic heterocycles. The third kappa shape index (κ3) is 3.92. The molecule has 0 atom stereocenters. The van der Waals surface area contributed by atoms with Crippen LogP contribution in [0.15, 0.2) is 59.4 Å². The van der Waals surface area contributed by atoms with Crippen LogP contribution >= 0.6 is 11.6 Å². The Hall–Kier alpha value is -3.58. The number of benzene rings is 2. The number of fused-ring (bicyclic) bond motifs is 1. The van der Waals surface area contributed by atoms with Gasteiger partial charge in [0, 0.05) is 17.1 Å². The second-order valence-corrected chi connectivity index (χ2v) is 7.59. The van der Waals surface area contributed by atoms with Crippen molar-refractivity contribution in [3.8, 4) is 11.4 Å². The van der Waals surface area contributed by atoms with Gasteiger partial charge < -0.3 is 10.1 Å². The number of carbonyl (C=O) groups is 1. The molecular formula is C23H21ClN4O3. The molecule has 7 nitrogen and oxygen atoms in total. The lowest BCUT2D eigenvalue weighted by Crippen LogP contribution is -2.29. The Bertz CT molecular complexity index is 1340. The highest BCUT2D eigenvalue weighted by Crippen LogP contribution is 2.27. The van der Waals surface area contributed by atoms with E-state index in [2.05, 4.69) is 10.4 Å². The minimum absolute atomic E-state index is 0.169. The Labute approximate surface area is 183 Å². The number of hydrogen-bond donors (Lipinski definition) is 1. The van der Waals surface area contributed by atoms with Crippen LogP contribution in [0.4, 0.5) is 5.69 Å². The predicted molar refractivity (Wildman–Crippen MR) is 121 cm³/mol. The summed E-state index contributed by atoms with van der Waals surface area (Å²) in [5, 5.41) is 8.66. The first kappa shape index (κ1) is 20.7. The summed E-state index contributed by atoms with van der Waals surface area (Å²) >= 11 is 6.14. The molecule has 0 spiro atoms. The molecule has 4 rings (SSSR count). The topological polar surface area (TPSA) is 78.2 Å². The van der Waals surface area contributed by atoms with Crippen LogP contribution in [0.25, 0.3) is 16.7 Å². The monoisotopic (exact) mass is 436 g/mol. The highest BCUT2D eigenvalue weighted by molar-refractivity contribution is 6.32. The first-order valence-corrected chi connectivity index (χ1v) is 10.1. The van der Waals surface area contributed by atoms with Crippen molar-refractivity contribution in [1.82, 2.24) is 14.3 Å². The molecule has 4 aromatic rings. The Morgan fingerprint density at radius 2 is 1.87 bits per heavy atom. The zero-order valence-corrected chi connectivity index (χ0v) is 18.1. The quantitative estimate of drug-likeness (QED) is 0.510. The number of methoxy groups -OCH3 is 1. The molecule has 1 N–H and O–H groups in total. The molecule has 158 valence electrons. The standard InChI is InChI=1S/C23H21ClN4O3/c1-14-11-21(30)27(13-20(29)25-16-9-10-19(31-3)18(24)12-16)23-22(14)15(2)26-28(23)17-7-5-4-6-8-17/h4-12H,13H2,1-3H3,(H,25,29). The van der Waals surface area contributed by atoms with Crippen LogP contribution in [0, 0.1) is 13.8 Å². The van der Waals surface area contributed by atoms with Crippen molar-refractivity contribution >= 4 is 34.2 Å². The first-order chi connectivity index (χ1) is 14.9. The Kier molecular flexibility index (Phi) is 5.52. The van der Waals surface area contributed by atoms with E-state index in [9.17, 15) is 9.59 Å². The van der Waals surface area contributed by atoms with Crippen molar-refractivity contribution in [3.05, 3.63) is 81.2 Å². The lowest BCUT2D eigenvalue weighted by Gasteiger charge is -2.13. The van der Waals surface area contributed by atoms with Crippen molar-refractivity contribution in [2.75, 3.05) is 12.4 Å². The third-order valence-electron chi connectivity index (χ3n) is 5.03. The highest BCUT2D eigenvalue weighted by atomic mass is 35.5. The number of hydrogen-bond acceptors (Lipinski definition) is 4. The van der Waals surface area contributed by atoms with Crippen LogP contribution in [-0.2, 0) is 11.3 Å². The maximum Gasteiger partial charge on any atom is 0.252 e. The first-order valence-electron chi connectivity index (χ1n) is 9.67. The molecule has 0 unspecified atom stereocenters. The van der Waals surface area contributed by atoms with Gasteiger partial charge >= 0.3 is 0 Å². The fraction of sp³-hybridized carbons (Fsp3) is 0.174. The van der Waals surface area contributed by atoms with Crippen molar-refractivity contribution in [2.45, 2.75) is 20.4 Å². The number of nitrogens with one attached hydrogen (secondary N) is 1. The van der Waals surface area contributed by atoms with Crippen molar-refractivity contribution in [3.63, 3.8) is 0 Å². The van der Waals surface area contributed by atoms with E-state index in [1.165, 1.54) is 17.7 Å². The Morgan fingerprint density at radius 1 is 1.13 bits per heavy atom. The number of aromatic nitrogens is 3. The van der Waals surface area contributed by atoms with Crippen LogP contribution in [-0.4, -0.2) is 27.4 Å². The lowest BCUT2D eigenvalue weighted by atomic mass is 10.1. The summed E-state index contributed by atoms with van der Waals surface area (Å²) in [4.78, 5) is 25.7. The minimum atomic E-state index is -0.355. The number of rotatable bonds is 5. The smallest absolute Gasteiger partial charge is 0.252 e. The number of aryl methyl sites for hydroxylation is 2. The van der Waals surface area contributed by atoms with Crippen molar-refractivity contribution in [1.29, 1.82) is 0 Å². The summed E-state index contributed by atoms with van der Waals surface area (Å²) in [7, 11) is 1.52. The van der Waals surface area contributed by atoms with E-state index in [4.69, 9.17) is 16.3 Å². The second kappa shape index (κ2) is 8.28. The van der Waals surface area contributed by atoms with Gasteiger partial charge in [-0.05, 0) is 49.7 Å². The average Bonchev–Trinajstić information content (AvgIpc) is 3.09. The van der Waals surface area contributed by atoms with E-state index in [0.29, 0.717) is 22.1 Å². The van der Waals surface area contributed by atoms with Crippen LogP contribution in [0.3, 0.4) is 0 Å². The molecule has 2 heterocycles. The summed E-state index contributed by atoms with van der Waals surface area (Å²) in [5.41, 5.74) is 3.23. The SMILES string of the molecule is COc1ccc(NC(=O)Cn2c(=O)cc(C)c3c(C)nn(-c4ccccc4)c32)cc1Cl. The number of amides is 1. The summed E-state index contributed by atoms with van der Waals surface area (Å²) in [6, 6.07) is 16.0. The van der Waals surface area contributed by atoms with E-state index >= 15 is 0 Å². The average molecular weight is 437 g/mol. The fourth-order valence-corrected chi connectivity index (χ4v) is 3.91. The molecule has 0 saturated heterocycles. The molecule has 0 radical (unpaired) electrons. The van der Waals surface area contributed by atoms with Crippen LogP contribution < -0.4 is 15.6 Å². The number of anilines is 1. The number of pyridine rings is 1. The summed E-state index contributed by atoms with van der Waals surface area (Å²) in [5.74, 6) is 0.158. The molecular weight excluding hydrogens is 416 g/mol. The fourth-order valence-electron chi connectivity index (χ4n) is 3.66. The zero-order valence-electron chi connectivity index (χ0n) is 17.3. The molecule has 8 heteroatoms. The maximum atomic E-state index is 12.9. The molecule has 31 heavy (non-hydrogen) atoms. The van der Waals surface area contributed by atoms with Gasteiger partial charge in [-0.1, -0.05) is 29.8 Å². The molecule has 2 aromatic carbocycles. The summed E-state index contributed by atoms with van der Waals surface area (Å²) < 4.78 is 8.28. The molecule has 0 saturated carbocycles. The molecule has 1 amide bonds. The highest BCUT2D eigenvalue weighted by Gasteiger charge is 2.19. The number of halogens is 1. The normalized spacial score (nSPS) is 11.0. The van der Waals surface area contributed by atoms with Gasteiger partial charge in [0.15, 0.2) is 0 Å². The van der Waals surface area contributed by atoms with Crippen LogP contribution in [0.5, 0.6) is 5.75 Å². The lowest BCUT2D eigenvalue weighted by molar-refractivity contribution is -0.116. The molecule has 0 bridgehead atoms. The second-order valence-electron chi connectivity index (χ2n) is 7.18. The minimum Gasteiger partial charge on any atom is -0.495 e. The van der Waals surface area contributed by atoms with Crippen LogP contribution in [0.2, 0.25) is 5.02 Å². The molecule has 0 aliphatic carbocycles. The third-order valence-corrected chi connectivity index (χ3v) is 5.33. The van der Waals surface area contributed by atoms with Crippen molar-refractivity contribution < 1.29 is 9.53 Å². The van der Waals surface area contributed by atoms with Crippen LogP contribution in [0.1, 0.15) is 11.3 Å². The van der Waals surface area contributed by atoms with E-state index in [0.717, 1.165) is 22.3 Å². The maximum absolute atomic E-state index is 12.9. The van der Waals surface area contributed by atoms with Gasteiger partial charge in [0.05, 0.1) is 23.5 Å². The largest absolute Gasteiger partial charge is 0.495 e. The molecule has 0 aliphatic rings. The summed E-state index contributed by atoms with van der Waals surface area (Å²) in [6.07, 6.45) is 0. The van der Waals surface area contributed by atoms with E-state index in [-0.39, 0.29) is 18.0 Å². The number of carbonyl (C=O) groups excluding carboxylic acids is 1.